The summed E-state index contributed by atoms with van der Waals surface area (Å²) in [6.07, 6.45) is 0.200. The number of rotatable bonds is 5. The molecule has 1 aliphatic rings. The first-order chi connectivity index (χ1) is 18.1. The Morgan fingerprint density at radius 3 is 2.37 bits per heavy atom. The van der Waals surface area contributed by atoms with E-state index in [2.05, 4.69) is 35.6 Å². The highest BCUT2D eigenvalue weighted by Gasteiger charge is 2.44. The Hall–Kier alpha value is -4.32. The van der Waals surface area contributed by atoms with E-state index in [1.807, 2.05) is 54.6 Å². The number of nitrogens with one attached hydrogen (secondary N) is 1. The lowest BCUT2D eigenvalue weighted by molar-refractivity contribution is -0.145. The third-order valence-corrected chi connectivity index (χ3v) is 6.82. The van der Waals surface area contributed by atoms with E-state index < -0.39 is 23.2 Å². The van der Waals surface area contributed by atoms with Crippen molar-refractivity contribution in [1.29, 1.82) is 0 Å². The minimum atomic E-state index is -1.45. The van der Waals surface area contributed by atoms with Crippen molar-refractivity contribution < 1.29 is 24.2 Å². The predicted octanol–water partition coefficient (Wildman–Crippen LogP) is 7.14. The summed E-state index contributed by atoms with van der Waals surface area (Å²) in [5, 5.41) is 15.1. The highest BCUT2D eigenvalue weighted by Crippen LogP contribution is 2.37. The van der Waals surface area contributed by atoms with Gasteiger partial charge in [-0.3, -0.25) is 0 Å². The number of alkyl carbamates (subject to hydrolysis) is 1. The predicted molar refractivity (Wildman–Crippen MR) is 148 cm³/mol. The molecule has 194 valence electrons. The second-order valence-corrected chi connectivity index (χ2v) is 10.8. The molecule has 1 atom stereocenters. The van der Waals surface area contributed by atoms with Gasteiger partial charge in [0.05, 0.1) is 0 Å². The molecule has 0 saturated heterocycles. The Kier molecular flexibility index (Phi) is 6.57. The lowest BCUT2D eigenvalue weighted by atomic mass is 9.78. The molecule has 6 heteroatoms. The molecule has 0 fully saturated rings. The smallest absolute Gasteiger partial charge is 0.408 e. The first kappa shape index (κ1) is 25.3. The minimum Gasteiger partial charge on any atom is -0.479 e. The molecule has 0 bridgehead atoms. The molecular weight excluding hydrogens is 478 g/mol. The van der Waals surface area contributed by atoms with Crippen LogP contribution in [-0.4, -0.2) is 28.3 Å². The fourth-order valence-electron chi connectivity index (χ4n) is 4.96. The van der Waals surface area contributed by atoms with E-state index in [4.69, 9.17) is 9.47 Å². The van der Waals surface area contributed by atoms with Gasteiger partial charge in [0.25, 0.3) is 0 Å². The van der Waals surface area contributed by atoms with Crippen molar-refractivity contribution in [1.82, 2.24) is 5.32 Å². The molecule has 0 saturated carbocycles. The van der Waals surface area contributed by atoms with Crippen LogP contribution in [0.4, 0.5) is 4.79 Å². The first-order valence-electron chi connectivity index (χ1n) is 12.7. The normalized spacial score (nSPS) is 16.9. The Morgan fingerprint density at radius 1 is 0.868 bits per heavy atom. The van der Waals surface area contributed by atoms with Gasteiger partial charge in [0.2, 0.25) is 0 Å². The van der Waals surface area contributed by atoms with Crippen molar-refractivity contribution in [3.05, 3.63) is 96.1 Å². The van der Waals surface area contributed by atoms with Gasteiger partial charge in [-0.1, -0.05) is 60.7 Å². The molecule has 38 heavy (non-hydrogen) atoms. The molecule has 0 spiro atoms. The van der Waals surface area contributed by atoms with Crippen molar-refractivity contribution in [2.45, 2.75) is 51.2 Å². The van der Waals surface area contributed by atoms with Gasteiger partial charge in [-0.05, 0) is 85.3 Å². The van der Waals surface area contributed by atoms with E-state index in [-0.39, 0.29) is 12.8 Å². The van der Waals surface area contributed by atoms with E-state index >= 15 is 0 Å². The minimum absolute atomic E-state index is 0.139. The molecule has 5 rings (SSSR count). The van der Waals surface area contributed by atoms with E-state index in [0.29, 0.717) is 17.9 Å². The maximum Gasteiger partial charge on any atom is 0.408 e. The van der Waals surface area contributed by atoms with Crippen molar-refractivity contribution in [2.75, 3.05) is 0 Å². The lowest BCUT2D eigenvalue weighted by Crippen LogP contribution is -2.58. The maximum absolute atomic E-state index is 12.5. The second kappa shape index (κ2) is 9.86. The molecule has 1 unspecified atom stereocenters. The van der Waals surface area contributed by atoms with E-state index in [0.717, 1.165) is 27.6 Å². The average Bonchev–Trinajstić information content (AvgIpc) is 2.87. The maximum atomic E-state index is 12.5. The van der Waals surface area contributed by atoms with Gasteiger partial charge in [0.15, 0.2) is 0 Å². The molecule has 0 aliphatic heterocycles. The quantitative estimate of drug-likeness (QED) is 0.299. The third kappa shape index (κ3) is 5.35. The van der Waals surface area contributed by atoms with Crippen LogP contribution < -0.4 is 10.1 Å². The van der Waals surface area contributed by atoms with Gasteiger partial charge < -0.3 is 19.9 Å². The van der Waals surface area contributed by atoms with Crippen LogP contribution >= 0.6 is 0 Å². The van der Waals surface area contributed by atoms with Crippen molar-refractivity contribution >= 4 is 22.8 Å². The third-order valence-electron chi connectivity index (χ3n) is 6.82. The lowest BCUT2D eigenvalue weighted by Gasteiger charge is -2.35. The summed E-state index contributed by atoms with van der Waals surface area (Å²) in [5.74, 6) is 0.229. The van der Waals surface area contributed by atoms with Crippen molar-refractivity contribution in [3.63, 3.8) is 0 Å². The zero-order valence-electron chi connectivity index (χ0n) is 21.8. The Balaban J connectivity index is 1.42. The van der Waals surface area contributed by atoms with Crippen LogP contribution in [0, 0.1) is 0 Å². The summed E-state index contributed by atoms with van der Waals surface area (Å²) in [6.45, 7) is 5.24. The Morgan fingerprint density at radius 2 is 1.61 bits per heavy atom. The van der Waals surface area contributed by atoms with Gasteiger partial charge in [-0.2, -0.15) is 0 Å². The number of carbonyl (C=O) groups excluding carboxylic acids is 1. The highest BCUT2D eigenvalue weighted by molar-refractivity contribution is 5.88. The number of amides is 1. The van der Waals surface area contributed by atoms with E-state index in [9.17, 15) is 14.7 Å². The summed E-state index contributed by atoms with van der Waals surface area (Å²) in [5.41, 5.74) is 1.71. The summed E-state index contributed by atoms with van der Waals surface area (Å²) in [7, 11) is 0. The largest absolute Gasteiger partial charge is 0.479 e. The number of hydrogen-bond acceptors (Lipinski definition) is 4. The average molecular weight is 510 g/mol. The molecular formula is C32H31NO5. The number of aryl methyl sites for hydroxylation is 1. The molecule has 0 aromatic heterocycles. The van der Waals surface area contributed by atoms with Gasteiger partial charge in [0.1, 0.15) is 22.6 Å². The van der Waals surface area contributed by atoms with Crippen LogP contribution in [0.25, 0.3) is 21.9 Å². The van der Waals surface area contributed by atoms with Gasteiger partial charge in [-0.15, -0.1) is 0 Å². The summed E-state index contributed by atoms with van der Waals surface area (Å²) >= 11 is 0. The van der Waals surface area contributed by atoms with Crippen LogP contribution in [0.15, 0.2) is 84.9 Å². The molecule has 1 aliphatic carbocycles. The van der Waals surface area contributed by atoms with Crippen LogP contribution in [-0.2, 0) is 22.4 Å². The number of ether oxygens (including phenoxy) is 2. The number of aliphatic carboxylic acids is 1. The second-order valence-electron chi connectivity index (χ2n) is 10.8. The number of carbonyl (C=O) groups is 2. The van der Waals surface area contributed by atoms with Crippen LogP contribution in [0.1, 0.15) is 38.3 Å². The number of hydrogen-bond donors (Lipinski definition) is 2. The number of carboxylic acid groups (broad SMARTS) is 1. The number of para-hydroxylation sites is 1. The highest BCUT2D eigenvalue weighted by atomic mass is 16.6. The summed E-state index contributed by atoms with van der Waals surface area (Å²) < 4.78 is 11.7. The fraction of sp³-hybridized carbons (Fsp3) is 0.250. The number of carboxylic acids is 1. The van der Waals surface area contributed by atoms with Crippen LogP contribution in [0.5, 0.6) is 11.5 Å². The van der Waals surface area contributed by atoms with Gasteiger partial charge in [0, 0.05) is 12.0 Å². The van der Waals surface area contributed by atoms with E-state index in [1.165, 1.54) is 5.39 Å². The van der Waals surface area contributed by atoms with Gasteiger partial charge >= 0.3 is 12.1 Å². The molecule has 0 radical (unpaired) electrons. The Labute approximate surface area is 222 Å². The molecule has 4 aromatic carbocycles. The first-order valence-corrected chi connectivity index (χ1v) is 12.7. The summed E-state index contributed by atoms with van der Waals surface area (Å²) in [6, 6.07) is 28.2. The number of fused-ring (bicyclic) bond motifs is 2. The molecule has 6 nitrogen and oxygen atoms in total. The number of benzene rings is 4. The zero-order chi connectivity index (χ0) is 26.9. The molecule has 2 N–H and O–H groups in total. The fourth-order valence-corrected chi connectivity index (χ4v) is 4.96. The zero-order valence-corrected chi connectivity index (χ0v) is 21.8. The monoisotopic (exact) mass is 509 g/mol. The molecule has 4 aromatic rings. The van der Waals surface area contributed by atoms with Gasteiger partial charge in [-0.25, -0.2) is 9.59 Å². The van der Waals surface area contributed by atoms with Crippen molar-refractivity contribution in [3.8, 4) is 22.6 Å². The van der Waals surface area contributed by atoms with Crippen LogP contribution in [0.2, 0.25) is 0 Å². The summed E-state index contributed by atoms with van der Waals surface area (Å²) in [4.78, 5) is 24.8. The standard InChI is InChI=1S/C32H31NO5/c1-31(2,3)38-30(36)33-32(29(34)35)17-16-22-14-15-26(19-25(22)20-32)37-28-11-7-6-10-27(28)24-13-12-21-8-4-5-9-23(21)18-24/h4-15,18-19H,16-17,20H2,1-3H3,(H,33,36)(H,34,35). The molecule has 0 heterocycles. The van der Waals surface area contributed by atoms with E-state index in [1.54, 1.807) is 20.8 Å². The molecule has 1 amide bonds. The Bertz CT molecular complexity index is 1520. The SMILES string of the molecule is CC(C)(C)OC(=O)NC1(C(=O)O)CCc2ccc(Oc3ccccc3-c3ccc4ccccc4c3)cc2C1. The van der Waals surface area contributed by atoms with Crippen molar-refractivity contribution in [2.24, 2.45) is 0 Å². The topological polar surface area (TPSA) is 84.9 Å². The van der Waals surface area contributed by atoms with Crippen LogP contribution in [0.3, 0.4) is 0 Å².